The van der Waals surface area contributed by atoms with Crippen LogP contribution in [-0.4, -0.2) is 40.8 Å². The molecule has 1 aliphatic rings. The van der Waals surface area contributed by atoms with Crippen molar-refractivity contribution in [3.05, 3.63) is 13.2 Å². The summed E-state index contributed by atoms with van der Waals surface area (Å²) >= 11 is 0. The van der Waals surface area contributed by atoms with Crippen LogP contribution in [0.25, 0.3) is 0 Å². The van der Waals surface area contributed by atoms with Crippen LogP contribution in [0.5, 0.6) is 0 Å². The van der Waals surface area contributed by atoms with E-state index >= 15 is 0 Å². The lowest BCUT2D eigenvalue weighted by Gasteiger charge is -1.70. The number of carboxylic acid groups (broad SMARTS) is 2. The summed E-state index contributed by atoms with van der Waals surface area (Å²) in [7, 11) is 0. The largest absolute Gasteiger partial charge is 0.503 e. The van der Waals surface area contributed by atoms with Gasteiger partial charge >= 0.3 is 6.16 Å². The Bertz CT molecular complexity index is 95.1. The lowest BCUT2D eigenvalue weighted by Crippen LogP contribution is -1.88. The molecule has 0 spiro atoms. The highest BCUT2D eigenvalue weighted by Crippen LogP contribution is 2.04. The number of hydrogen-bond acceptors (Lipinski definition) is 3. The quantitative estimate of drug-likeness (QED) is 0.385. The lowest BCUT2D eigenvalue weighted by molar-refractivity contribution is 0.137. The van der Waals surface area contributed by atoms with Crippen molar-refractivity contribution in [2.45, 2.75) is 6.10 Å². The fourth-order valence-corrected chi connectivity index (χ4v) is 0.173. The molecule has 1 heterocycles. The van der Waals surface area contributed by atoms with Crippen molar-refractivity contribution in [2.24, 2.45) is 0 Å². The van der Waals surface area contributed by atoms with Gasteiger partial charge in [0.1, 0.15) is 6.10 Å². The van der Waals surface area contributed by atoms with Gasteiger partial charge < -0.3 is 20.1 Å². The number of ether oxygens (including phenoxy) is 1. The molecule has 11 heavy (non-hydrogen) atoms. The van der Waals surface area contributed by atoms with Crippen LogP contribution in [-0.2, 0) is 4.74 Å². The summed E-state index contributed by atoms with van der Waals surface area (Å²) in [4.78, 5) is 8.56. The van der Waals surface area contributed by atoms with Gasteiger partial charge in [0.25, 0.3) is 0 Å². The Labute approximate surface area is 64.5 Å². The molecule has 0 aromatic carbocycles. The van der Waals surface area contributed by atoms with Crippen LogP contribution in [0, 0.1) is 0 Å². The van der Waals surface area contributed by atoms with Gasteiger partial charge in [-0.15, -0.1) is 13.2 Å². The molecule has 1 atom stereocenters. The van der Waals surface area contributed by atoms with Crippen molar-refractivity contribution in [1.29, 1.82) is 0 Å². The van der Waals surface area contributed by atoms with Crippen molar-refractivity contribution >= 4 is 6.16 Å². The Morgan fingerprint density at radius 2 is 1.82 bits per heavy atom. The van der Waals surface area contributed by atoms with Crippen LogP contribution in [0.3, 0.4) is 0 Å². The molecule has 5 heteroatoms. The predicted octanol–water partition coefficient (Wildman–Crippen LogP) is 0.402. The van der Waals surface area contributed by atoms with Crippen molar-refractivity contribution in [2.75, 3.05) is 13.2 Å². The fourth-order valence-electron chi connectivity index (χ4n) is 0.173. The predicted molar refractivity (Wildman–Crippen MR) is 38.7 cm³/mol. The number of aliphatic hydroxyl groups excluding tert-OH is 1. The van der Waals surface area contributed by atoms with Gasteiger partial charge in [-0.2, -0.15) is 0 Å². The maximum absolute atomic E-state index is 8.56. The molecule has 0 bridgehead atoms. The topological polar surface area (TPSA) is 90.3 Å². The second-order valence-corrected chi connectivity index (χ2v) is 1.42. The zero-order valence-electron chi connectivity index (χ0n) is 6.06. The molecule has 0 aliphatic carbocycles. The van der Waals surface area contributed by atoms with Crippen LogP contribution in [0.15, 0.2) is 13.2 Å². The van der Waals surface area contributed by atoms with Crippen molar-refractivity contribution < 1.29 is 24.9 Å². The van der Waals surface area contributed by atoms with Crippen LogP contribution in [0.1, 0.15) is 0 Å². The lowest BCUT2D eigenvalue weighted by atomic mass is 10.5. The van der Waals surface area contributed by atoms with Crippen LogP contribution in [0.2, 0.25) is 0 Å². The molecule has 1 unspecified atom stereocenters. The highest BCUT2D eigenvalue weighted by molar-refractivity contribution is 5.53. The fraction of sp³-hybridized carbons (Fsp3) is 0.500. The van der Waals surface area contributed by atoms with E-state index in [0.717, 1.165) is 6.61 Å². The summed E-state index contributed by atoms with van der Waals surface area (Å²) in [6, 6.07) is 0. The number of aliphatic hydroxyl groups is 1. The monoisotopic (exact) mass is 164 g/mol. The minimum atomic E-state index is -1.83. The Hall–Kier alpha value is -1.07. The van der Waals surface area contributed by atoms with Crippen LogP contribution >= 0.6 is 0 Å². The highest BCUT2D eigenvalue weighted by Gasteiger charge is 2.19. The number of hydrogen-bond donors (Lipinski definition) is 3. The van der Waals surface area contributed by atoms with Gasteiger partial charge in [-0.1, -0.05) is 0 Å². The molecule has 1 fully saturated rings. The Morgan fingerprint density at radius 1 is 1.55 bits per heavy atom. The normalized spacial score (nSPS) is 18.1. The average molecular weight is 164 g/mol. The molecule has 0 amide bonds. The first kappa shape index (κ1) is 12.6. The molecule has 0 saturated carbocycles. The van der Waals surface area contributed by atoms with E-state index in [9.17, 15) is 0 Å². The zero-order valence-corrected chi connectivity index (χ0v) is 6.06. The summed E-state index contributed by atoms with van der Waals surface area (Å²) in [5.41, 5.74) is 0. The first-order valence-electron chi connectivity index (χ1n) is 2.81. The van der Waals surface area contributed by atoms with Crippen molar-refractivity contribution in [3.8, 4) is 0 Å². The Balaban J connectivity index is 0. The van der Waals surface area contributed by atoms with E-state index < -0.39 is 6.16 Å². The van der Waals surface area contributed by atoms with Gasteiger partial charge in [-0.3, -0.25) is 0 Å². The minimum Gasteiger partial charge on any atom is -0.450 e. The maximum Gasteiger partial charge on any atom is 0.503 e. The molecule has 66 valence electrons. The summed E-state index contributed by atoms with van der Waals surface area (Å²) in [6.07, 6.45) is -1.64. The summed E-state index contributed by atoms with van der Waals surface area (Å²) in [6.45, 7) is 6.95. The molecule has 1 aliphatic heterocycles. The Kier molecular flexibility index (Phi) is 10.2. The first-order valence-corrected chi connectivity index (χ1v) is 2.81. The third-order valence-electron chi connectivity index (χ3n) is 0.606. The first-order chi connectivity index (χ1) is 5.16. The highest BCUT2D eigenvalue weighted by atomic mass is 16.6. The number of carbonyl (C=O) groups is 1. The third-order valence-corrected chi connectivity index (χ3v) is 0.606. The molecular weight excluding hydrogens is 152 g/mol. The maximum atomic E-state index is 8.56. The van der Waals surface area contributed by atoms with Gasteiger partial charge in [0.15, 0.2) is 0 Å². The van der Waals surface area contributed by atoms with Crippen LogP contribution < -0.4 is 0 Å². The second kappa shape index (κ2) is 8.93. The molecule has 0 aromatic rings. The smallest absolute Gasteiger partial charge is 0.450 e. The molecular formula is C6H12O5. The molecule has 0 radical (unpaired) electrons. The molecule has 5 nitrogen and oxygen atoms in total. The number of epoxide rings is 1. The Morgan fingerprint density at radius 3 is 1.82 bits per heavy atom. The van der Waals surface area contributed by atoms with Crippen molar-refractivity contribution in [3.63, 3.8) is 0 Å². The van der Waals surface area contributed by atoms with Gasteiger partial charge in [-0.25, -0.2) is 4.79 Å². The minimum absolute atomic E-state index is 0.190. The van der Waals surface area contributed by atoms with E-state index in [2.05, 4.69) is 17.9 Å². The molecule has 1 saturated heterocycles. The van der Waals surface area contributed by atoms with E-state index in [0.29, 0.717) is 0 Å². The van der Waals surface area contributed by atoms with Crippen molar-refractivity contribution in [1.82, 2.24) is 0 Å². The van der Waals surface area contributed by atoms with E-state index in [-0.39, 0.29) is 12.7 Å². The van der Waals surface area contributed by atoms with E-state index in [1.807, 2.05) is 0 Å². The average Bonchev–Trinajstić information content (AvgIpc) is 2.72. The van der Waals surface area contributed by atoms with Gasteiger partial charge in [-0.05, 0) is 0 Å². The van der Waals surface area contributed by atoms with E-state index in [4.69, 9.17) is 20.1 Å². The second-order valence-electron chi connectivity index (χ2n) is 1.42. The zero-order chi connectivity index (χ0) is 9.28. The van der Waals surface area contributed by atoms with Gasteiger partial charge in [0.05, 0.1) is 13.2 Å². The molecule has 0 aromatic heterocycles. The van der Waals surface area contributed by atoms with Gasteiger partial charge in [0.2, 0.25) is 0 Å². The number of rotatable bonds is 1. The molecule has 1 rings (SSSR count). The summed E-state index contributed by atoms with van der Waals surface area (Å²) in [5.74, 6) is 0. The van der Waals surface area contributed by atoms with Gasteiger partial charge in [0, 0.05) is 0 Å². The molecule has 3 N–H and O–H groups in total. The standard InChI is InChI=1S/C3H6O2.C2H4.CH2O3/c4-1-3-2-5-3;1-2;2-1(3)4/h3-4H,1-2H2;1-2H2;(H2,2,3,4). The van der Waals surface area contributed by atoms with E-state index in [1.165, 1.54) is 0 Å². The third kappa shape index (κ3) is 27.8. The van der Waals surface area contributed by atoms with Crippen LogP contribution in [0.4, 0.5) is 4.79 Å². The summed E-state index contributed by atoms with van der Waals surface area (Å²) in [5, 5.41) is 22.0. The SMILES string of the molecule is C=C.O=C(O)O.OCC1CO1. The summed E-state index contributed by atoms with van der Waals surface area (Å²) < 4.78 is 4.61. The van der Waals surface area contributed by atoms with E-state index in [1.54, 1.807) is 0 Å².